The van der Waals surface area contributed by atoms with Crippen LogP contribution in [0, 0.1) is 0 Å². The van der Waals surface area contributed by atoms with Crippen LogP contribution in [0.3, 0.4) is 0 Å². The van der Waals surface area contributed by atoms with Gasteiger partial charge in [-0.2, -0.15) is 0 Å². The largest absolute Gasteiger partial charge is 0.420 e. The number of nitrogens with zero attached hydrogens (tertiary/aromatic N) is 1. The third kappa shape index (κ3) is 2.12. The topological polar surface area (TPSA) is 78.2 Å². The molecule has 0 spiro atoms. The van der Waals surface area contributed by atoms with E-state index < -0.39 is 11.8 Å². The van der Waals surface area contributed by atoms with Gasteiger partial charge in [-0.05, 0) is 19.1 Å². The molecule has 1 atom stereocenters. The number of ketones is 1. The minimum absolute atomic E-state index is 0.163. The van der Waals surface area contributed by atoms with Crippen molar-refractivity contribution < 1.29 is 9.21 Å². The first kappa shape index (κ1) is 13.2. The van der Waals surface area contributed by atoms with Gasteiger partial charge in [0.15, 0.2) is 11.4 Å². The fraction of sp³-hybridized carbons (Fsp3) is 0.125. The Labute approximate surface area is 120 Å². The molecule has 1 heterocycles. The number of rotatable bonds is 3. The number of anilines is 1. The highest BCUT2D eigenvalue weighted by Gasteiger charge is 2.23. The standard InChI is InChI=1S/C16H14N2O3/c1-10(15(19)11-6-3-2-4-7-11)18-14-12(17)8-5-9-13(14)21-16(18)20/h2-10H,17H2,1H3. The lowest BCUT2D eigenvalue weighted by Crippen LogP contribution is -2.25. The van der Waals surface area contributed by atoms with Crippen molar-refractivity contribution in [1.29, 1.82) is 0 Å². The number of carbonyl (C=O) groups is 1. The van der Waals surface area contributed by atoms with Crippen molar-refractivity contribution in [1.82, 2.24) is 4.57 Å². The van der Waals surface area contributed by atoms with E-state index in [1.807, 2.05) is 6.07 Å². The van der Waals surface area contributed by atoms with Gasteiger partial charge in [-0.3, -0.25) is 9.36 Å². The van der Waals surface area contributed by atoms with Crippen LogP contribution in [0.4, 0.5) is 5.69 Å². The van der Waals surface area contributed by atoms with Gasteiger partial charge in [-0.25, -0.2) is 4.79 Å². The van der Waals surface area contributed by atoms with Crippen molar-refractivity contribution in [3.8, 4) is 0 Å². The van der Waals surface area contributed by atoms with Crippen molar-refractivity contribution in [3.63, 3.8) is 0 Å². The van der Waals surface area contributed by atoms with Gasteiger partial charge in [0, 0.05) is 5.56 Å². The van der Waals surface area contributed by atoms with Gasteiger partial charge < -0.3 is 10.2 Å². The summed E-state index contributed by atoms with van der Waals surface area (Å²) in [5, 5.41) is 0. The highest BCUT2D eigenvalue weighted by molar-refractivity contribution is 6.00. The van der Waals surface area contributed by atoms with Gasteiger partial charge in [-0.1, -0.05) is 36.4 Å². The number of nitrogens with two attached hydrogens (primary N) is 1. The molecule has 0 aliphatic rings. The van der Waals surface area contributed by atoms with E-state index in [1.165, 1.54) is 4.57 Å². The lowest BCUT2D eigenvalue weighted by Gasteiger charge is -2.12. The number of fused-ring (bicyclic) bond motifs is 1. The predicted molar refractivity (Wildman–Crippen MR) is 80.4 cm³/mol. The van der Waals surface area contributed by atoms with E-state index >= 15 is 0 Å². The zero-order valence-corrected chi connectivity index (χ0v) is 11.4. The van der Waals surface area contributed by atoms with Gasteiger partial charge >= 0.3 is 5.76 Å². The summed E-state index contributed by atoms with van der Waals surface area (Å²) in [5.41, 5.74) is 7.71. The van der Waals surface area contributed by atoms with E-state index in [-0.39, 0.29) is 5.78 Å². The predicted octanol–water partition coefficient (Wildman–Crippen LogP) is 2.62. The smallest absolute Gasteiger partial charge is 0.408 e. The fourth-order valence-corrected chi connectivity index (χ4v) is 2.43. The Bertz CT molecular complexity index is 862. The van der Waals surface area contributed by atoms with Crippen LogP contribution in [0.1, 0.15) is 23.3 Å². The Hall–Kier alpha value is -2.82. The number of hydrogen-bond donors (Lipinski definition) is 1. The van der Waals surface area contributed by atoms with Crippen molar-refractivity contribution in [2.75, 3.05) is 5.73 Å². The van der Waals surface area contributed by atoms with E-state index in [9.17, 15) is 9.59 Å². The molecule has 0 radical (unpaired) electrons. The number of hydrogen-bond acceptors (Lipinski definition) is 4. The summed E-state index contributed by atoms with van der Waals surface area (Å²) in [6, 6.07) is 13.2. The van der Waals surface area contributed by atoms with Crippen LogP contribution in [-0.2, 0) is 0 Å². The third-order valence-electron chi connectivity index (χ3n) is 3.49. The van der Waals surface area contributed by atoms with E-state index in [4.69, 9.17) is 10.2 Å². The molecule has 1 unspecified atom stereocenters. The quantitative estimate of drug-likeness (QED) is 0.591. The Balaban J connectivity index is 2.15. The fourth-order valence-electron chi connectivity index (χ4n) is 2.43. The van der Waals surface area contributed by atoms with Gasteiger partial charge in [-0.15, -0.1) is 0 Å². The summed E-state index contributed by atoms with van der Waals surface area (Å²) in [6.07, 6.45) is 0. The second kappa shape index (κ2) is 4.94. The molecule has 0 bridgehead atoms. The van der Waals surface area contributed by atoms with Crippen molar-refractivity contribution in [2.24, 2.45) is 0 Å². The number of Topliss-reactive ketones (excluding diaryl/α,β-unsaturated/α-hetero) is 1. The maximum atomic E-state index is 12.5. The number of aromatic nitrogens is 1. The Morgan fingerprint density at radius 1 is 1.14 bits per heavy atom. The van der Waals surface area contributed by atoms with Crippen LogP contribution in [0.2, 0.25) is 0 Å². The number of oxazole rings is 1. The Kier molecular flexibility index (Phi) is 3.10. The van der Waals surface area contributed by atoms with Crippen LogP contribution in [-0.4, -0.2) is 10.4 Å². The van der Waals surface area contributed by atoms with Crippen molar-refractivity contribution in [3.05, 3.63) is 64.6 Å². The summed E-state index contributed by atoms with van der Waals surface area (Å²) in [4.78, 5) is 24.6. The number of para-hydroxylation sites is 1. The average molecular weight is 282 g/mol. The summed E-state index contributed by atoms with van der Waals surface area (Å²) in [6.45, 7) is 1.66. The second-order valence-electron chi connectivity index (χ2n) is 4.84. The van der Waals surface area contributed by atoms with Gasteiger partial charge in [0.1, 0.15) is 11.6 Å². The number of benzene rings is 2. The van der Waals surface area contributed by atoms with Gasteiger partial charge in [0.25, 0.3) is 0 Å². The molecule has 0 aliphatic carbocycles. The average Bonchev–Trinajstić information content (AvgIpc) is 2.84. The first-order chi connectivity index (χ1) is 10.1. The SMILES string of the molecule is CC(C(=O)c1ccccc1)n1c(=O)oc2cccc(N)c21. The van der Waals surface area contributed by atoms with Crippen LogP contribution in [0.25, 0.3) is 11.1 Å². The molecule has 0 saturated carbocycles. The molecule has 3 aromatic rings. The van der Waals surface area contributed by atoms with E-state index in [0.29, 0.717) is 22.4 Å². The minimum Gasteiger partial charge on any atom is -0.408 e. The Morgan fingerprint density at radius 2 is 1.86 bits per heavy atom. The van der Waals surface area contributed by atoms with E-state index in [1.54, 1.807) is 49.4 Å². The summed E-state index contributed by atoms with van der Waals surface area (Å²) in [7, 11) is 0. The van der Waals surface area contributed by atoms with E-state index in [2.05, 4.69) is 0 Å². The van der Waals surface area contributed by atoms with Crippen LogP contribution >= 0.6 is 0 Å². The first-order valence-electron chi connectivity index (χ1n) is 6.58. The molecule has 5 nitrogen and oxygen atoms in total. The minimum atomic E-state index is -0.689. The highest BCUT2D eigenvalue weighted by atomic mass is 16.4. The molecule has 3 rings (SSSR count). The van der Waals surface area contributed by atoms with Crippen molar-refractivity contribution >= 4 is 22.6 Å². The highest BCUT2D eigenvalue weighted by Crippen LogP contribution is 2.24. The molecule has 106 valence electrons. The van der Waals surface area contributed by atoms with Crippen LogP contribution in [0.15, 0.2) is 57.7 Å². The van der Waals surface area contributed by atoms with Crippen molar-refractivity contribution in [2.45, 2.75) is 13.0 Å². The molecule has 2 N–H and O–H groups in total. The molecule has 5 heteroatoms. The lowest BCUT2D eigenvalue weighted by atomic mass is 10.1. The third-order valence-corrected chi connectivity index (χ3v) is 3.49. The van der Waals surface area contributed by atoms with Gasteiger partial charge in [0.05, 0.1) is 5.69 Å². The van der Waals surface area contributed by atoms with Gasteiger partial charge in [0.2, 0.25) is 0 Å². The normalized spacial score (nSPS) is 12.4. The molecule has 0 aliphatic heterocycles. The molecule has 1 aromatic heterocycles. The van der Waals surface area contributed by atoms with Crippen LogP contribution < -0.4 is 11.5 Å². The molecule has 21 heavy (non-hydrogen) atoms. The molecule has 0 saturated heterocycles. The maximum Gasteiger partial charge on any atom is 0.420 e. The second-order valence-corrected chi connectivity index (χ2v) is 4.84. The molecular weight excluding hydrogens is 268 g/mol. The first-order valence-corrected chi connectivity index (χ1v) is 6.58. The lowest BCUT2D eigenvalue weighted by molar-refractivity contribution is 0.0933. The molecular formula is C16H14N2O3. The van der Waals surface area contributed by atoms with E-state index in [0.717, 1.165) is 0 Å². The monoisotopic (exact) mass is 282 g/mol. The zero-order chi connectivity index (χ0) is 15.0. The summed E-state index contributed by atoms with van der Waals surface area (Å²) in [5.74, 6) is -0.747. The van der Waals surface area contributed by atoms with Crippen LogP contribution in [0.5, 0.6) is 0 Å². The Morgan fingerprint density at radius 3 is 2.57 bits per heavy atom. The molecule has 0 amide bonds. The number of carbonyl (C=O) groups excluding carboxylic acids is 1. The molecule has 2 aromatic carbocycles. The maximum absolute atomic E-state index is 12.5. The summed E-state index contributed by atoms with van der Waals surface area (Å²) < 4.78 is 6.47. The number of nitrogen functional groups attached to an aromatic ring is 1. The zero-order valence-electron chi connectivity index (χ0n) is 11.4. The summed E-state index contributed by atoms with van der Waals surface area (Å²) >= 11 is 0. The molecule has 0 fully saturated rings.